The van der Waals surface area contributed by atoms with Gasteiger partial charge in [-0.1, -0.05) is 36.0 Å². The Hall–Kier alpha value is -2.62. The second-order valence-corrected chi connectivity index (χ2v) is 7.88. The van der Waals surface area contributed by atoms with Crippen molar-refractivity contribution in [3.8, 4) is 0 Å². The molecule has 32 heavy (non-hydrogen) atoms. The zero-order valence-electron chi connectivity index (χ0n) is 17.9. The molecular formula is C23H26F2N2O4S. The molecule has 0 radical (unpaired) electrons. The number of hydrogen-bond donors (Lipinski definition) is 2. The van der Waals surface area contributed by atoms with Crippen LogP contribution in [0, 0.1) is 17.6 Å². The molecule has 2 N–H and O–H groups in total. The molecule has 0 aliphatic carbocycles. The second kappa shape index (κ2) is 12.4. The average molecular weight is 465 g/mol. The van der Waals surface area contributed by atoms with Crippen LogP contribution in [-0.2, 0) is 15.1 Å². The Morgan fingerprint density at radius 3 is 2.59 bits per heavy atom. The van der Waals surface area contributed by atoms with Gasteiger partial charge >= 0.3 is 0 Å². The van der Waals surface area contributed by atoms with Crippen LogP contribution in [0.3, 0.4) is 0 Å². The molecule has 2 unspecified atom stereocenters. The Labute approximate surface area is 190 Å². The fraction of sp³-hybridized carbons (Fsp3) is 0.348. The van der Waals surface area contributed by atoms with E-state index in [-0.39, 0.29) is 18.4 Å². The lowest BCUT2D eigenvalue weighted by Gasteiger charge is -2.44. The summed E-state index contributed by atoms with van der Waals surface area (Å²) in [6, 6.07) is 12.4. The number of aliphatic imine (C=N–C) groups is 1. The predicted octanol–water partition coefficient (Wildman–Crippen LogP) is 3.54. The first-order valence-electron chi connectivity index (χ1n) is 9.97. The SMILES string of the molecule is CC=O.CO.O=C(NC1=NC2(c3ccc(F)cc3F)COCCC2CS1)c1ccccc1. The summed E-state index contributed by atoms with van der Waals surface area (Å²) in [5, 5.41) is 10.2. The third-order valence-electron chi connectivity index (χ3n) is 4.98. The molecule has 0 aromatic heterocycles. The monoisotopic (exact) mass is 464 g/mol. The Kier molecular flexibility index (Phi) is 9.96. The van der Waals surface area contributed by atoms with Gasteiger partial charge in [0.2, 0.25) is 0 Å². The van der Waals surface area contributed by atoms with E-state index < -0.39 is 17.2 Å². The molecule has 2 aromatic rings. The van der Waals surface area contributed by atoms with Gasteiger partial charge in [0.15, 0.2) is 5.17 Å². The van der Waals surface area contributed by atoms with Crippen molar-refractivity contribution >= 4 is 29.1 Å². The van der Waals surface area contributed by atoms with Gasteiger partial charge in [0.05, 0.1) is 6.61 Å². The topological polar surface area (TPSA) is 88.0 Å². The first-order valence-corrected chi connectivity index (χ1v) is 11.0. The summed E-state index contributed by atoms with van der Waals surface area (Å²) < 4.78 is 33.6. The van der Waals surface area contributed by atoms with Gasteiger partial charge in [-0.15, -0.1) is 0 Å². The first-order chi connectivity index (χ1) is 15.5. The Morgan fingerprint density at radius 1 is 1.25 bits per heavy atom. The Morgan fingerprint density at radius 2 is 1.94 bits per heavy atom. The molecule has 0 bridgehead atoms. The fourth-order valence-corrected chi connectivity index (χ4v) is 4.76. The molecule has 0 spiro atoms. The van der Waals surface area contributed by atoms with Crippen LogP contribution in [-0.4, -0.2) is 48.5 Å². The van der Waals surface area contributed by atoms with Crippen molar-refractivity contribution in [1.82, 2.24) is 5.32 Å². The van der Waals surface area contributed by atoms with E-state index in [1.807, 2.05) is 6.07 Å². The molecule has 9 heteroatoms. The zero-order valence-corrected chi connectivity index (χ0v) is 18.7. The number of aliphatic hydroxyl groups excluding tert-OH is 1. The number of thioether (sulfide) groups is 1. The maximum Gasteiger partial charge on any atom is 0.257 e. The van der Waals surface area contributed by atoms with Gasteiger partial charge < -0.3 is 20.0 Å². The minimum atomic E-state index is -0.958. The highest BCUT2D eigenvalue weighted by molar-refractivity contribution is 8.13. The van der Waals surface area contributed by atoms with Gasteiger partial charge in [0, 0.05) is 42.6 Å². The molecule has 2 aliphatic rings. The van der Waals surface area contributed by atoms with E-state index in [0.717, 1.165) is 25.9 Å². The highest BCUT2D eigenvalue weighted by Crippen LogP contribution is 2.45. The highest BCUT2D eigenvalue weighted by atomic mass is 32.2. The molecule has 1 amide bonds. The van der Waals surface area contributed by atoms with Crippen molar-refractivity contribution in [2.45, 2.75) is 18.9 Å². The number of rotatable bonds is 2. The Balaban J connectivity index is 0.000000671. The summed E-state index contributed by atoms with van der Waals surface area (Å²) in [6.45, 7) is 2.22. The van der Waals surface area contributed by atoms with Crippen molar-refractivity contribution in [3.63, 3.8) is 0 Å². The molecule has 2 aromatic carbocycles. The number of ether oxygens (including phenoxy) is 1. The van der Waals surface area contributed by atoms with E-state index in [0.29, 0.717) is 28.7 Å². The lowest BCUT2D eigenvalue weighted by molar-refractivity contribution is -0.106. The maximum absolute atomic E-state index is 14.6. The lowest BCUT2D eigenvalue weighted by Crippen LogP contribution is -2.49. The summed E-state index contributed by atoms with van der Waals surface area (Å²) in [7, 11) is 1.00. The van der Waals surface area contributed by atoms with Crippen LogP contribution in [0.1, 0.15) is 29.3 Å². The summed E-state index contributed by atoms with van der Waals surface area (Å²) >= 11 is 1.44. The number of benzene rings is 2. The van der Waals surface area contributed by atoms with E-state index in [4.69, 9.17) is 19.6 Å². The fourth-order valence-electron chi connectivity index (χ4n) is 3.57. The molecule has 2 heterocycles. The molecule has 0 saturated carbocycles. The van der Waals surface area contributed by atoms with Gasteiger partial charge in [0.25, 0.3) is 5.91 Å². The summed E-state index contributed by atoms with van der Waals surface area (Å²) in [5.41, 5.74) is -0.134. The van der Waals surface area contributed by atoms with Crippen LogP contribution < -0.4 is 5.32 Å². The van der Waals surface area contributed by atoms with Gasteiger partial charge in [-0.3, -0.25) is 4.79 Å². The largest absolute Gasteiger partial charge is 0.400 e. The van der Waals surface area contributed by atoms with Crippen molar-refractivity contribution in [2.24, 2.45) is 10.9 Å². The van der Waals surface area contributed by atoms with Crippen molar-refractivity contribution < 1.29 is 28.2 Å². The number of fused-ring (bicyclic) bond motifs is 1. The summed E-state index contributed by atoms with van der Waals surface area (Å²) in [4.78, 5) is 26.0. The van der Waals surface area contributed by atoms with E-state index in [2.05, 4.69) is 5.32 Å². The van der Waals surface area contributed by atoms with E-state index in [1.165, 1.54) is 30.8 Å². The zero-order chi connectivity index (χ0) is 23.6. The van der Waals surface area contributed by atoms with Gasteiger partial charge in [0.1, 0.15) is 23.5 Å². The number of nitrogens with zero attached hydrogens (tertiary/aromatic N) is 1. The number of amidine groups is 1. The van der Waals surface area contributed by atoms with Crippen molar-refractivity contribution in [2.75, 3.05) is 26.1 Å². The van der Waals surface area contributed by atoms with Gasteiger partial charge in [-0.05, 0) is 31.5 Å². The van der Waals surface area contributed by atoms with E-state index in [9.17, 15) is 13.6 Å². The minimum Gasteiger partial charge on any atom is -0.400 e. The second-order valence-electron chi connectivity index (χ2n) is 6.87. The number of carbonyl (C=O) groups excluding carboxylic acids is 2. The summed E-state index contributed by atoms with van der Waals surface area (Å²) in [5.74, 6) is -0.823. The highest BCUT2D eigenvalue weighted by Gasteiger charge is 2.47. The van der Waals surface area contributed by atoms with Crippen molar-refractivity contribution in [3.05, 3.63) is 71.3 Å². The van der Waals surface area contributed by atoms with Crippen LogP contribution in [0.25, 0.3) is 0 Å². The number of halogens is 2. The van der Waals surface area contributed by atoms with Crippen LogP contribution in [0.2, 0.25) is 0 Å². The number of hydrogen-bond acceptors (Lipinski definition) is 6. The molecule has 2 atom stereocenters. The maximum atomic E-state index is 14.6. The first kappa shape index (κ1) is 25.6. The van der Waals surface area contributed by atoms with Crippen LogP contribution in [0.5, 0.6) is 0 Å². The molecular weight excluding hydrogens is 438 g/mol. The predicted molar refractivity (Wildman–Crippen MR) is 121 cm³/mol. The standard InChI is InChI=1S/C20H18F2N2O2S.C2H4O.CH4O/c21-15-6-7-16(17(22)10-15)20-12-26-9-8-14(20)11-27-19(24-20)23-18(25)13-4-2-1-3-5-13;1-2-3;1-2/h1-7,10,14H,8-9,11-12H2,(H,23,24,25);2H,1H3;2H,1H3. The quantitative estimate of drug-likeness (QED) is 0.664. The molecule has 172 valence electrons. The molecule has 2 aliphatic heterocycles. The molecule has 4 rings (SSSR count). The lowest BCUT2D eigenvalue weighted by atomic mass is 9.76. The van der Waals surface area contributed by atoms with Gasteiger partial charge in [-0.2, -0.15) is 0 Å². The molecule has 1 saturated heterocycles. The number of nitrogens with one attached hydrogen (secondary N) is 1. The number of carbonyl (C=O) groups is 2. The van der Waals surface area contributed by atoms with E-state index in [1.54, 1.807) is 24.3 Å². The number of aldehydes is 1. The van der Waals surface area contributed by atoms with Gasteiger partial charge in [-0.25, -0.2) is 13.8 Å². The molecule has 6 nitrogen and oxygen atoms in total. The third kappa shape index (κ3) is 5.99. The normalized spacial score (nSPS) is 21.4. The Bertz CT molecular complexity index is 943. The summed E-state index contributed by atoms with van der Waals surface area (Å²) in [6.07, 6.45) is 1.48. The average Bonchev–Trinajstić information content (AvgIpc) is 2.81. The third-order valence-corrected chi connectivity index (χ3v) is 6.02. The van der Waals surface area contributed by atoms with Crippen molar-refractivity contribution in [1.29, 1.82) is 0 Å². The van der Waals surface area contributed by atoms with Crippen LogP contribution in [0.15, 0.2) is 53.5 Å². The van der Waals surface area contributed by atoms with Crippen LogP contribution in [0.4, 0.5) is 8.78 Å². The van der Waals surface area contributed by atoms with Crippen LogP contribution >= 0.6 is 11.8 Å². The minimum absolute atomic E-state index is 0.0496. The smallest absolute Gasteiger partial charge is 0.257 e. The van der Waals surface area contributed by atoms with E-state index >= 15 is 0 Å². The number of aliphatic hydroxyl groups is 1. The number of amides is 1. The molecule has 1 fully saturated rings.